The van der Waals surface area contributed by atoms with E-state index in [1.165, 1.54) is 12.8 Å². The molecule has 0 aromatic carbocycles. The topological polar surface area (TPSA) is 39.7 Å². The summed E-state index contributed by atoms with van der Waals surface area (Å²) >= 11 is 0. The van der Waals surface area contributed by atoms with Crippen molar-refractivity contribution in [2.75, 3.05) is 50.7 Å². The van der Waals surface area contributed by atoms with Gasteiger partial charge in [0, 0.05) is 57.9 Å². The molecule has 1 aromatic rings. The minimum Gasteiger partial charge on any atom is -0.354 e. The van der Waals surface area contributed by atoms with Gasteiger partial charge in [-0.05, 0) is 43.2 Å². The van der Waals surface area contributed by atoms with E-state index in [1.54, 1.807) is 0 Å². The SMILES string of the molecule is CC1CC1C(=O)N1CCCC(CN2CCN(c3ccccn3)CC2)C1. The van der Waals surface area contributed by atoms with Crippen LogP contribution in [0.2, 0.25) is 0 Å². The highest BCUT2D eigenvalue weighted by molar-refractivity contribution is 5.81. The summed E-state index contributed by atoms with van der Waals surface area (Å²) in [6, 6.07) is 6.13. The molecule has 0 N–H and O–H groups in total. The molecule has 4 rings (SSSR count). The summed E-state index contributed by atoms with van der Waals surface area (Å²) in [7, 11) is 0. The van der Waals surface area contributed by atoms with Gasteiger partial charge in [-0.25, -0.2) is 4.98 Å². The van der Waals surface area contributed by atoms with Gasteiger partial charge in [0.2, 0.25) is 5.91 Å². The summed E-state index contributed by atoms with van der Waals surface area (Å²) in [5.74, 6) is 3.12. The Hall–Kier alpha value is -1.62. The smallest absolute Gasteiger partial charge is 0.225 e. The van der Waals surface area contributed by atoms with Gasteiger partial charge in [-0.3, -0.25) is 9.69 Å². The Morgan fingerprint density at radius 2 is 2.00 bits per heavy atom. The summed E-state index contributed by atoms with van der Waals surface area (Å²) in [5, 5.41) is 0. The summed E-state index contributed by atoms with van der Waals surface area (Å²) < 4.78 is 0. The molecule has 3 unspecified atom stereocenters. The largest absolute Gasteiger partial charge is 0.354 e. The molecule has 5 nitrogen and oxygen atoms in total. The molecule has 0 spiro atoms. The van der Waals surface area contributed by atoms with E-state index in [0.29, 0.717) is 23.7 Å². The van der Waals surface area contributed by atoms with Crippen LogP contribution < -0.4 is 4.90 Å². The molecule has 3 atom stereocenters. The molecule has 1 aromatic heterocycles. The molecule has 3 heterocycles. The second-order valence-electron chi connectivity index (χ2n) is 8.09. The van der Waals surface area contributed by atoms with Crippen LogP contribution in [-0.2, 0) is 4.79 Å². The molecule has 2 saturated heterocycles. The van der Waals surface area contributed by atoms with Crippen molar-refractivity contribution in [3.63, 3.8) is 0 Å². The number of piperazine rings is 1. The van der Waals surface area contributed by atoms with Crippen molar-refractivity contribution in [1.82, 2.24) is 14.8 Å². The van der Waals surface area contributed by atoms with Crippen LogP contribution in [-0.4, -0.2) is 66.5 Å². The highest BCUT2D eigenvalue weighted by Gasteiger charge is 2.42. The number of hydrogen-bond donors (Lipinski definition) is 0. The van der Waals surface area contributed by atoms with Gasteiger partial charge in [0.1, 0.15) is 5.82 Å². The van der Waals surface area contributed by atoms with E-state index in [4.69, 9.17) is 0 Å². The average Bonchev–Trinajstić information content (AvgIpc) is 3.39. The standard InChI is InChI=1S/C20H30N4O/c1-16-13-18(16)20(25)24-8-4-5-17(15-24)14-22-9-11-23(12-10-22)19-6-2-3-7-21-19/h2-3,6-7,16-18H,4-5,8-15H2,1H3. The summed E-state index contributed by atoms with van der Waals surface area (Å²) in [4.78, 5) is 24.1. The van der Waals surface area contributed by atoms with Gasteiger partial charge in [0.05, 0.1) is 0 Å². The van der Waals surface area contributed by atoms with E-state index >= 15 is 0 Å². The van der Waals surface area contributed by atoms with Crippen LogP contribution in [0, 0.1) is 17.8 Å². The molecule has 3 aliphatic rings. The fourth-order valence-electron chi connectivity index (χ4n) is 4.38. The Kier molecular flexibility index (Phi) is 4.93. The maximum Gasteiger partial charge on any atom is 0.225 e. The van der Waals surface area contributed by atoms with Gasteiger partial charge < -0.3 is 9.80 Å². The third-order valence-corrected chi connectivity index (χ3v) is 6.12. The van der Waals surface area contributed by atoms with E-state index in [2.05, 4.69) is 38.7 Å². The summed E-state index contributed by atoms with van der Waals surface area (Å²) in [6.07, 6.45) is 5.42. The normalized spacial score (nSPS) is 30.4. The van der Waals surface area contributed by atoms with Crippen LogP contribution >= 0.6 is 0 Å². The monoisotopic (exact) mass is 342 g/mol. The molecule has 1 amide bonds. The number of hydrogen-bond acceptors (Lipinski definition) is 4. The van der Waals surface area contributed by atoms with E-state index < -0.39 is 0 Å². The zero-order valence-corrected chi connectivity index (χ0v) is 15.3. The second-order valence-corrected chi connectivity index (χ2v) is 8.09. The number of likely N-dealkylation sites (tertiary alicyclic amines) is 1. The Balaban J connectivity index is 1.25. The summed E-state index contributed by atoms with van der Waals surface area (Å²) in [6.45, 7) is 9.58. The molecule has 0 bridgehead atoms. The van der Waals surface area contributed by atoms with Crippen molar-refractivity contribution < 1.29 is 4.79 Å². The number of pyridine rings is 1. The van der Waals surface area contributed by atoms with Gasteiger partial charge in [-0.2, -0.15) is 0 Å². The average molecular weight is 342 g/mol. The Morgan fingerprint density at radius 3 is 2.68 bits per heavy atom. The molecule has 0 radical (unpaired) electrons. The lowest BCUT2D eigenvalue weighted by atomic mass is 9.96. The van der Waals surface area contributed by atoms with Crippen molar-refractivity contribution in [3.8, 4) is 0 Å². The summed E-state index contributed by atoms with van der Waals surface area (Å²) in [5.41, 5.74) is 0. The van der Waals surface area contributed by atoms with Crippen molar-refractivity contribution in [1.29, 1.82) is 0 Å². The number of nitrogens with zero attached hydrogens (tertiary/aromatic N) is 4. The predicted octanol–water partition coefficient (Wildman–Crippen LogP) is 2.10. The highest BCUT2D eigenvalue weighted by atomic mass is 16.2. The van der Waals surface area contributed by atoms with E-state index in [-0.39, 0.29) is 0 Å². The second kappa shape index (κ2) is 7.32. The first-order valence-electron chi connectivity index (χ1n) is 9.88. The van der Waals surface area contributed by atoms with Crippen LogP contribution in [0.4, 0.5) is 5.82 Å². The van der Waals surface area contributed by atoms with Gasteiger partial charge in [-0.1, -0.05) is 13.0 Å². The lowest BCUT2D eigenvalue weighted by molar-refractivity contribution is -0.134. The predicted molar refractivity (Wildman–Crippen MR) is 99.5 cm³/mol. The molecule has 2 aliphatic heterocycles. The molecule has 1 saturated carbocycles. The molecule has 5 heteroatoms. The van der Waals surface area contributed by atoms with Crippen LogP contribution in [0.25, 0.3) is 0 Å². The number of aromatic nitrogens is 1. The minimum atomic E-state index is 0.334. The maximum atomic E-state index is 12.5. The van der Waals surface area contributed by atoms with E-state index in [9.17, 15) is 4.79 Å². The number of amides is 1. The first kappa shape index (κ1) is 16.8. The van der Waals surface area contributed by atoms with Crippen molar-refractivity contribution in [2.24, 2.45) is 17.8 Å². The fourth-order valence-corrected chi connectivity index (χ4v) is 4.38. The molecule has 136 valence electrons. The van der Waals surface area contributed by atoms with Crippen LogP contribution in [0.15, 0.2) is 24.4 Å². The first-order valence-corrected chi connectivity index (χ1v) is 9.88. The first-order chi connectivity index (χ1) is 12.2. The van der Waals surface area contributed by atoms with Gasteiger partial charge in [0.15, 0.2) is 0 Å². The van der Waals surface area contributed by atoms with Crippen molar-refractivity contribution in [3.05, 3.63) is 24.4 Å². The van der Waals surface area contributed by atoms with Crippen LogP contribution in [0.1, 0.15) is 26.2 Å². The van der Waals surface area contributed by atoms with Gasteiger partial charge in [-0.15, -0.1) is 0 Å². The number of carbonyl (C=O) groups excluding carboxylic acids is 1. The third-order valence-electron chi connectivity index (χ3n) is 6.12. The van der Waals surface area contributed by atoms with Crippen molar-refractivity contribution >= 4 is 11.7 Å². The molecular weight excluding hydrogens is 312 g/mol. The number of piperidine rings is 1. The Morgan fingerprint density at radius 1 is 1.20 bits per heavy atom. The zero-order valence-electron chi connectivity index (χ0n) is 15.3. The van der Waals surface area contributed by atoms with Crippen LogP contribution in [0.5, 0.6) is 0 Å². The number of rotatable bonds is 4. The Bertz CT molecular complexity index is 585. The highest BCUT2D eigenvalue weighted by Crippen LogP contribution is 2.39. The quantitative estimate of drug-likeness (QED) is 0.840. The molecule has 1 aliphatic carbocycles. The Labute approximate surface area is 151 Å². The molecule has 25 heavy (non-hydrogen) atoms. The van der Waals surface area contributed by atoms with E-state index in [1.807, 2.05) is 12.3 Å². The fraction of sp³-hybridized carbons (Fsp3) is 0.700. The lowest BCUT2D eigenvalue weighted by Crippen LogP contribution is -2.50. The molecule has 3 fully saturated rings. The number of carbonyl (C=O) groups is 1. The number of anilines is 1. The van der Waals surface area contributed by atoms with E-state index in [0.717, 1.165) is 58.1 Å². The van der Waals surface area contributed by atoms with Gasteiger partial charge >= 0.3 is 0 Å². The van der Waals surface area contributed by atoms with Gasteiger partial charge in [0.25, 0.3) is 0 Å². The molecular formula is C20H30N4O. The maximum absolute atomic E-state index is 12.5. The third kappa shape index (κ3) is 3.97. The zero-order chi connectivity index (χ0) is 17.2. The lowest BCUT2D eigenvalue weighted by Gasteiger charge is -2.39. The van der Waals surface area contributed by atoms with Crippen LogP contribution in [0.3, 0.4) is 0 Å². The van der Waals surface area contributed by atoms with Crippen molar-refractivity contribution in [2.45, 2.75) is 26.2 Å². The minimum absolute atomic E-state index is 0.334.